The van der Waals surface area contributed by atoms with Gasteiger partial charge in [-0.2, -0.15) is 0 Å². The van der Waals surface area contributed by atoms with Crippen LogP contribution in [0.15, 0.2) is 65.7 Å². The topological polar surface area (TPSA) is 80.2 Å². The Morgan fingerprint density at radius 2 is 1.85 bits per heavy atom. The molecule has 0 radical (unpaired) electrons. The van der Waals surface area contributed by atoms with Gasteiger partial charge in [0.05, 0.1) is 33.1 Å². The van der Waals surface area contributed by atoms with Crippen molar-refractivity contribution in [1.82, 2.24) is 9.97 Å². The van der Waals surface area contributed by atoms with Crippen LogP contribution in [-0.2, 0) is 21.2 Å². The number of carbonyl (C=O) groups is 1. The predicted molar refractivity (Wildman–Crippen MR) is 128 cm³/mol. The van der Waals surface area contributed by atoms with E-state index in [1.54, 1.807) is 18.3 Å². The normalized spacial score (nSPS) is 11.6. The third-order valence-corrected chi connectivity index (χ3v) is 8.11. The van der Waals surface area contributed by atoms with Crippen molar-refractivity contribution in [3.8, 4) is 0 Å². The summed E-state index contributed by atoms with van der Waals surface area (Å²) in [6, 6.07) is 14.0. The lowest BCUT2D eigenvalue weighted by molar-refractivity contribution is -0.118. The number of pyridine rings is 1. The van der Waals surface area contributed by atoms with E-state index >= 15 is 0 Å². The van der Waals surface area contributed by atoms with E-state index in [9.17, 15) is 17.6 Å². The fraction of sp³-hybridized carbons (Fsp3) is 0.208. The molecule has 0 aliphatic rings. The van der Waals surface area contributed by atoms with Crippen LogP contribution in [0.25, 0.3) is 10.2 Å². The highest BCUT2D eigenvalue weighted by Crippen LogP contribution is 2.33. The minimum absolute atomic E-state index is 0.0148. The Labute approximate surface area is 195 Å². The van der Waals surface area contributed by atoms with Gasteiger partial charge in [-0.15, -0.1) is 0 Å². The van der Waals surface area contributed by atoms with Crippen molar-refractivity contribution in [2.45, 2.75) is 31.7 Å². The SMILES string of the molecule is Cc1cc(C)c2sc(N(Cc3ccccn3)C(=O)CCS(=O)(=O)c3ccc(F)cc3)nc2c1. The maximum absolute atomic E-state index is 13.2. The van der Waals surface area contributed by atoms with Crippen molar-refractivity contribution in [1.29, 1.82) is 0 Å². The summed E-state index contributed by atoms with van der Waals surface area (Å²) in [6.45, 7) is 4.16. The van der Waals surface area contributed by atoms with E-state index in [-0.39, 0.29) is 29.5 Å². The summed E-state index contributed by atoms with van der Waals surface area (Å²) in [7, 11) is -3.74. The number of carbonyl (C=O) groups excluding carboxylic acids is 1. The number of nitrogens with zero attached hydrogens (tertiary/aromatic N) is 3. The predicted octanol–water partition coefficient (Wildman–Crippen LogP) is 4.84. The van der Waals surface area contributed by atoms with Gasteiger partial charge >= 0.3 is 0 Å². The molecule has 0 saturated heterocycles. The molecule has 0 saturated carbocycles. The zero-order chi connectivity index (χ0) is 23.6. The van der Waals surface area contributed by atoms with Gasteiger partial charge in [0, 0.05) is 12.6 Å². The van der Waals surface area contributed by atoms with Gasteiger partial charge in [0.25, 0.3) is 0 Å². The minimum Gasteiger partial charge on any atom is -0.282 e. The summed E-state index contributed by atoms with van der Waals surface area (Å²) >= 11 is 1.39. The third-order valence-electron chi connectivity index (χ3n) is 5.14. The minimum atomic E-state index is -3.74. The van der Waals surface area contributed by atoms with Gasteiger partial charge in [0.1, 0.15) is 5.82 Å². The number of thiazole rings is 1. The molecule has 4 rings (SSSR count). The van der Waals surface area contributed by atoms with Crippen LogP contribution in [0.4, 0.5) is 9.52 Å². The van der Waals surface area contributed by atoms with E-state index in [0.717, 1.165) is 33.5 Å². The Bertz CT molecular complexity index is 1400. The molecule has 4 aromatic rings. The largest absolute Gasteiger partial charge is 0.282 e. The number of hydrogen-bond donors (Lipinski definition) is 0. The molecular weight excluding hydrogens is 461 g/mol. The van der Waals surface area contributed by atoms with Crippen LogP contribution in [0.3, 0.4) is 0 Å². The summed E-state index contributed by atoms with van der Waals surface area (Å²) in [5, 5.41) is 0.494. The smallest absolute Gasteiger partial charge is 0.230 e. The Morgan fingerprint density at radius 3 is 2.55 bits per heavy atom. The van der Waals surface area contributed by atoms with E-state index in [2.05, 4.69) is 16.0 Å². The van der Waals surface area contributed by atoms with Gasteiger partial charge < -0.3 is 0 Å². The number of benzene rings is 2. The number of rotatable bonds is 7. The molecule has 2 heterocycles. The first kappa shape index (κ1) is 23.0. The fourth-order valence-electron chi connectivity index (χ4n) is 3.51. The van der Waals surface area contributed by atoms with E-state index in [1.165, 1.54) is 28.4 Å². The first-order valence-electron chi connectivity index (χ1n) is 10.3. The third kappa shape index (κ3) is 5.26. The monoisotopic (exact) mass is 483 g/mol. The Kier molecular flexibility index (Phi) is 6.53. The number of halogens is 1. The lowest BCUT2D eigenvalue weighted by Gasteiger charge is -2.19. The molecule has 6 nitrogen and oxygen atoms in total. The number of aryl methyl sites for hydroxylation is 2. The number of hydrogen-bond acceptors (Lipinski definition) is 6. The lowest BCUT2D eigenvalue weighted by Crippen LogP contribution is -2.32. The van der Waals surface area contributed by atoms with Gasteiger partial charge in [0.15, 0.2) is 15.0 Å². The first-order valence-corrected chi connectivity index (χ1v) is 12.8. The maximum Gasteiger partial charge on any atom is 0.230 e. The van der Waals surface area contributed by atoms with Crippen molar-refractivity contribution >= 4 is 42.4 Å². The van der Waals surface area contributed by atoms with Gasteiger partial charge in [-0.3, -0.25) is 14.7 Å². The number of amides is 1. The summed E-state index contributed by atoms with van der Waals surface area (Å²) in [6.07, 6.45) is 1.41. The molecule has 2 aromatic heterocycles. The molecule has 0 aliphatic heterocycles. The van der Waals surface area contributed by atoms with Crippen molar-refractivity contribution in [3.63, 3.8) is 0 Å². The van der Waals surface area contributed by atoms with E-state index < -0.39 is 15.7 Å². The van der Waals surface area contributed by atoms with Crippen LogP contribution < -0.4 is 4.90 Å². The molecule has 1 amide bonds. The van der Waals surface area contributed by atoms with E-state index in [4.69, 9.17) is 0 Å². The fourth-order valence-corrected chi connectivity index (χ4v) is 5.77. The summed E-state index contributed by atoms with van der Waals surface area (Å²) in [5.41, 5.74) is 3.60. The van der Waals surface area contributed by atoms with Gasteiger partial charge in [0.2, 0.25) is 5.91 Å². The molecular formula is C24H22FN3O3S2. The van der Waals surface area contributed by atoms with Crippen molar-refractivity contribution in [2.75, 3.05) is 10.7 Å². The summed E-state index contributed by atoms with van der Waals surface area (Å²) in [5.74, 6) is -1.29. The van der Waals surface area contributed by atoms with Crippen LogP contribution in [0.1, 0.15) is 23.2 Å². The first-order chi connectivity index (χ1) is 15.7. The van der Waals surface area contributed by atoms with Gasteiger partial charge in [-0.25, -0.2) is 17.8 Å². The molecule has 0 atom stereocenters. The molecule has 9 heteroatoms. The number of sulfone groups is 1. The van der Waals surface area contributed by atoms with Crippen LogP contribution in [-0.4, -0.2) is 30.0 Å². The molecule has 0 bridgehead atoms. The molecule has 0 spiro atoms. The van der Waals surface area contributed by atoms with Crippen molar-refractivity contribution < 1.29 is 17.6 Å². The molecule has 0 unspecified atom stereocenters. The zero-order valence-corrected chi connectivity index (χ0v) is 19.8. The zero-order valence-electron chi connectivity index (χ0n) is 18.2. The number of anilines is 1. The summed E-state index contributed by atoms with van der Waals surface area (Å²) in [4.78, 5) is 23.7. The Hall–Kier alpha value is -3.17. The molecule has 0 fully saturated rings. The van der Waals surface area contributed by atoms with E-state index in [0.29, 0.717) is 10.8 Å². The van der Waals surface area contributed by atoms with Crippen molar-refractivity contribution in [2.24, 2.45) is 0 Å². The van der Waals surface area contributed by atoms with Crippen molar-refractivity contribution in [3.05, 3.63) is 83.4 Å². The lowest BCUT2D eigenvalue weighted by atomic mass is 10.1. The molecule has 33 heavy (non-hydrogen) atoms. The van der Waals surface area contributed by atoms with Crippen LogP contribution in [0.2, 0.25) is 0 Å². The molecule has 0 aliphatic carbocycles. The average molecular weight is 484 g/mol. The Morgan fingerprint density at radius 1 is 1.09 bits per heavy atom. The van der Waals surface area contributed by atoms with Crippen LogP contribution >= 0.6 is 11.3 Å². The second-order valence-electron chi connectivity index (χ2n) is 7.75. The molecule has 2 aromatic carbocycles. The number of aromatic nitrogens is 2. The van der Waals surface area contributed by atoms with Crippen LogP contribution in [0, 0.1) is 19.7 Å². The Balaban J connectivity index is 1.62. The van der Waals surface area contributed by atoms with Crippen LogP contribution in [0.5, 0.6) is 0 Å². The molecule has 170 valence electrons. The highest BCUT2D eigenvalue weighted by Gasteiger charge is 2.24. The average Bonchev–Trinajstić information content (AvgIpc) is 3.21. The highest BCUT2D eigenvalue weighted by atomic mass is 32.2. The highest BCUT2D eigenvalue weighted by molar-refractivity contribution is 7.91. The van der Waals surface area contributed by atoms with Gasteiger partial charge in [-0.1, -0.05) is 23.5 Å². The number of fused-ring (bicyclic) bond motifs is 1. The van der Waals surface area contributed by atoms with Gasteiger partial charge in [-0.05, 0) is 67.4 Å². The van der Waals surface area contributed by atoms with E-state index in [1.807, 2.05) is 26.0 Å². The quantitative estimate of drug-likeness (QED) is 0.351. The second-order valence-corrected chi connectivity index (χ2v) is 10.8. The molecule has 0 N–H and O–H groups in total. The maximum atomic E-state index is 13.2. The summed E-state index contributed by atoms with van der Waals surface area (Å²) < 4.78 is 39.5. The standard InChI is InChI=1S/C24H22FN3O3S2/c1-16-13-17(2)23-21(14-16)27-24(32-23)28(15-19-5-3-4-11-26-19)22(29)10-12-33(30,31)20-8-6-18(25)7-9-20/h3-9,11,13-14H,10,12,15H2,1-2H3. The second kappa shape index (κ2) is 9.36.